The van der Waals surface area contributed by atoms with Crippen LogP contribution < -0.4 is 4.90 Å². The Kier molecular flexibility index (Phi) is 4.66. The molecular weight excluding hydrogens is 430 g/mol. The van der Waals surface area contributed by atoms with E-state index in [9.17, 15) is 9.59 Å². The Balaban J connectivity index is 1.37. The zero-order valence-electron chi connectivity index (χ0n) is 16.1. The van der Waals surface area contributed by atoms with E-state index in [4.69, 9.17) is 0 Å². The molecule has 0 saturated carbocycles. The number of amides is 2. The molecule has 3 aromatic rings. The normalized spacial score (nSPS) is 16.9. The number of benzene rings is 2. The van der Waals surface area contributed by atoms with E-state index in [1.54, 1.807) is 0 Å². The standard InChI is InChI=1S/C23H22BrN3O2/c24-19-5-3-4-17-18-14-26(13-11-20(18)25-22(17)19)23(29)15-7-9-16(10-8-15)27-12-2-1-6-21(27)28/h3-5,7-10,25H,1-2,6,11-14H2. The smallest absolute Gasteiger partial charge is 0.254 e. The summed E-state index contributed by atoms with van der Waals surface area (Å²) in [5.41, 5.74) is 5.07. The fourth-order valence-electron chi connectivity index (χ4n) is 4.42. The highest BCUT2D eigenvalue weighted by Crippen LogP contribution is 2.32. The summed E-state index contributed by atoms with van der Waals surface area (Å²) in [7, 11) is 0. The van der Waals surface area contributed by atoms with Gasteiger partial charge in [-0.3, -0.25) is 9.59 Å². The van der Waals surface area contributed by atoms with Gasteiger partial charge in [0, 0.05) is 64.8 Å². The molecule has 0 spiro atoms. The lowest BCUT2D eigenvalue weighted by molar-refractivity contribution is -0.119. The van der Waals surface area contributed by atoms with Crippen LogP contribution in [0.25, 0.3) is 10.9 Å². The molecule has 2 amide bonds. The summed E-state index contributed by atoms with van der Waals surface area (Å²) in [6, 6.07) is 13.7. The number of H-pyrrole nitrogens is 1. The minimum atomic E-state index is 0.0384. The van der Waals surface area contributed by atoms with Crippen molar-refractivity contribution in [3.05, 3.63) is 63.8 Å². The van der Waals surface area contributed by atoms with E-state index in [1.807, 2.05) is 46.2 Å². The van der Waals surface area contributed by atoms with Gasteiger partial charge in [0.1, 0.15) is 0 Å². The lowest BCUT2D eigenvalue weighted by Gasteiger charge is -2.28. The Hall–Kier alpha value is -2.60. The SMILES string of the molecule is O=C(c1ccc(N2CCCCC2=O)cc1)N1CCc2[nH]c3c(Br)cccc3c2C1. The van der Waals surface area contributed by atoms with E-state index in [-0.39, 0.29) is 11.8 Å². The molecular formula is C23H22BrN3O2. The molecule has 1 N–H and O–H groups in total. The summed E-state index contributed by atoms with van der Waals surface area (Å²) in [4.78, 5) is 32.5. The zero-order chi connectivity index (χ0) is 20.0. The summed E-state index contributed by atoms with van der Waals surface area (Å²) in [6.07, 6.45) is 3.43. The fourth-order valence-corrected chi connectivity index (χ4v) is 4.89. The average molecular weight is 452 g/mol. The van der Waals surface area contributed by atoms with Gasteiger partial charge in [-0.25, -0.2) is 0 Å². The Labute approximate surface area is 177 Å². The lowest BCUT2D eigenvalue weighted by atomic mass is 10.0. The van der Waals surface area contributed by atoms with Gasteiger partial charge in [-0.15, -0.1) is 0 Å². The molecule has 3 heterocycles. The number of carbonyl (C=O) groups excluding carboxylic acids is 2. The monoisotopic (exact) mass is 451 g/mol. The van der Waals surface area contributed by atoms with Gasteiger partial charge < -0.3 is 14.8 Å². The quantitative estimate of drug-likeness (QED) is 0.616. The largest absolute Gasteiger partial charge is 0.357 e. The summed E-state index contributed by atoms with van der Waals surface area (Å²) < 4.78 is 1.05. The van der Waals surface area contributed by atoms with Crippen LogP contribution in [0.15, 0.2) is 46.9 Å². The second-order valence-corrected chi connectivity index (χ2v) is 8.62. The first kappa shape index (κ1) is 18.4. The highest BCUT2D eigenvalue weighted by Gasteiger charge is 2.26. The molecule has 1 aromatic heterocycles. The molecule has 0 atom stereocenters. The number of aromatic amines is 1. The molecule has 29 heavy (non-hydrogen) atoms. The van der Waals surface area contributed by atoms with Gasteiger partial charge in [-0.05, 0) is 59.1 Å². The van der Waals surface area contributed by atoms with Crippen LogP contribution >= 0.6 is 15.9 Å². The van der Waals surface area contributed by atoms with E-state index in [2.05, 4.69) is 27.0 Å². The third kappa shape index (κ3) is 3.25. The van der Waals surface area contributed by atoms with Crippen molar-refractivity contribution in [2.24, 2.45) is 0 Å². The number of carbonyl (C=O) groups is 2. The van der Waals surface area contributed by atoms with Gasteiger partial charge in [0.25, 0.3) is 5.91 Å². The van der Waals surface area contributed by atoms with E-state index >= 15 is 0 Å². The second-order valence-electron chi connectivity index (χ2n) is 7.77. The van der Waals surface area contributed by atoms with Crippen LogP contribution in [0.1, 0.15) is 40.9 Å². The van der Waals surface area contributed by atoms with Crippen LogP contribution in [-0.4, -0.2) is 34.8 Å². The van der Waals surface area contributed by atoms with Gasteiger partial charge in [-0.2, -0.15) is 0 Å². The fraction of sp³-hybridized carbons (Fsp3) is 0.304. The van der Waals surface area contributed by atoms with Gasteiger partial charge >= 0.3 is 0 Å². The molecule has 0 aliphatic carbocycles. The van der Waals surface area contributed by atoms with E-state index < -0.39 is 0 Å². The topological polar surface area (TPSA) is 56.4 Å². The van der Waals surface area contributed by atoms with Crippen molar-refractivity contribution in [3.63, 3.8) is 0 Å². The first-order valence-electron chi connectivity index (χ1n) is 10.1. The Morgan fingerprint density at radius 3 is 2.62 bits per heavy atom. The van der Waals surface area contributed by atoms with E-state index in [1.165, 1.54) is 16.6 Å². The van der Waals surface area contributed by atoms with Crippen molar-refractivity contribution in [1.29, 1.82) is 0 Å². The molecule has 1 saturated heterocycles. The Morgan fingerprint density at radius 2 is 1.83 bits per heavy atom. The van der Waals surface area contributed by atoms with Gasteiger partial charge in [0.2, 0.25) is 5.91 Å². The first-order valence-corrected chi connectivity index (χ1v) is 10.9. The predicted molar refractivity (Wildman–Crippen MR) is 117 cm³/mol. The highest BCUT2D eigenvalue weighted by molar-refractivity contribution is 9.10. The maximum atomic E-state index is 13.1. The third-order valence-electron chi connectivity index (χ3n) is 6.00. The minimum Gasteiger partial charge on any atom is -0.357 e. The molecule has 148 valence electrons. The van der Waals surface area contributed by atoms with E-state index in [0.717, 1.165) is 41.5 Å². The van der Waals surface area contributed by atoms with Crippen molar-refractivity contribution < 1.29 is 9.59 Å². The number of para-hydroxylation sites is 1. The number of hydrogen-bond donors (Lipinski definition) is 1. The van der Waals surface area contributed by atoms with Crippen molar-refractivity contribution in [2.45, 2.75) is 32.2 Å². The molecule has 0 unspecified atom stereocenters. The zero-order valence-corrected chi connectivity index (χ0v) is 17.7. The predicted octanol–water partition coefficient (Wildman–Crippen LogP) is 4.65. The summed E-state index contributed by atoms with van der Waals surface area (Å²) in [5, 5.41) is 1.17. The van der Waals surface area contributed by atoms with Crippen LogP contribution in [0.5, 0.6) is 0 Å². The molecule has 5 nitrogen and oxygen atoms in total. The molecule has 6 heteroatoms. The van der Waals surface area contributed by atoms with Crippen molar-refractivity contribution in [3.8, 4) is 0 Å². The van der Waals surface area contributed by atoms with Gasteiger partial charge in [0.15, 0.2) is 0 Å². The summed E-state index contributed by atoms with van der Waals surface area (Å²) in [5.74, 6) is 0.209. The van der Waals surface area contributed by atoms with Crippen LogP contribution in [-0.2, 0) is 17.8 Å². The number of anilines is 1. The Bertz CT molecular complexity index is 1100. The van der Waals surface area contributed by atoms with Crippen LogP contribution in [0.3, 0.4) is 0 Å². The van der Waals surface area contributed by atoms with Crippen molar-refractivity contribution in [2.75, 3.05) is 18.0 Å². The third-order valence-corrected chi connectivity index (χ3v) is 6.66. The summed E-state index contributed by atoms with van der Waals surface area (Å²) in [6.45, 7) is 2.07. The number of piperidine rings is 1. The van der Waals surface area contributed by atoms with Crippen molar-refractivity contribution in [1.82, 2.24) is 9.88 Å². The Morgan fingerprint density at radius 1 is 1.00 bits per heavy atom. The number of nitrogens with one attached hydrogen (secondary N) is 1. The average Bonchev–Trinajstić information content (AvgIpc) is 3.13. The number of nitrogens with zero attached hydrogens (tertiary/aromatic N) is 2. The van der Waals surface area contributed by atoms with Crippen LogP contribution in [0.2, 0.25) is 0 Å². The maximum Gasteiger partial charge on any atom is 0.254 e. The number of halogens is 1. The van der Waals surface area contributed by atoms with Gasteiger partial charge in [-0.1, -0.05) is 12.1 Å². The summed E-state index contributed by atoms with van der Waals surface area (Å²) >= 11 is 3.61. The molecule has 5 rings (SSSR count). The second kappa shape index (κ2) is 7.34. The number of hydrogen-bond acceptors (Lipinski definition) is 2. The minimum absolute atomic E-state index is 0.0384. The molecule has 1 fully saturated rings. The number of rotatable bonds is 2. The first-order chi connectivity index (χ1) is 14.1. The molecule has 2 aliphatic rings. The van der Waals surface area contributed by atoms with Crippen LogP contribution in [0, 0.1) is 0 Å². The number of fused-ring (bicyclic) bond motifs is 3. The van der Waals surface area contributed by atoms with Gasteiger partial charge in [0.05, 0.1) is 5.52 Å². The van der Waals surface area contributed by atoms with Crippen LogP contribution in [0.4, 0.5) is 5.69 Å². The van der Waals surface area contributed by atoms with E-state index in [0.29, 0.717) is 25.1 Å². The molecule has 0 radical (unpaired) electrons. The number of aromatic nitrogens is 1. The molecule has 2 aliphatic heterocycles. The molecule has 0 bridgehead atoms. The molecule has 2 aromatic carbocycles. The maximum absolute atomic E-state index is 13.1. The lowest BCUT2D eigenvalue weighted by Crippen LogP contribution is -2.36. The highest BCUT2D eigenvalue weighted by atomic mass is 79.9. The van der Waals surface area contributed by atoms with Crippen molar-refractivity contribution >= 4 is 44.3 Å².